The van der Waals surface area contributed by atoms with Crippen molar-refractivity contribution in [3.63, 3.8) is 0 Å². The summed E-state index contributed by atoms with van der Waals surface area (Å²) in [4.78, 5) is 11.0. The van der Waals surface area contributed by atoms with E-state index in [-0.39, 0.29) is 13.2 Å². The Bertz CT molecular complexity index is 825. The van der Waals surface area contributed by atoms with Crippen LogP contribution in [-0.4, -0.2) is 34.1 Å². The molecule has 0 aliphatic carbocycles. The van der Waals surface area contributed by atoms with Crippen LogP contribution in [0.25, 0.3) is 0 Å². The van der Waals surface area contributed by atoms with Gasteiger partial charge in [0.2, 0.25) is 10.0 Å². The predicted octanol–water partition coefficient (Wildman–Crippen LogP) is 1.87. The third-order valence-corrected chi connectivity index (χ3v) is 4.40. The van der Waals surface area contributed by atoms with Crippen molar-refractivity contribution in [2.24, 2.45) is 0 Å². The lowest BCUT2D eigenvalue weighted by atomic mass is 10.3. The molecular weight excluding hydrogens is 356 g/mol. The Kier molecular flexibility index (Phi) is 6.43. The molecule has 0 spiro atoms. The molecule has 2 aromatic rings. The largest absolute Gasteiger partial charge is 0.490 e. The molecule has 0 heterocycles. The maximum absolute atomic E-state index is 13.5. The van der Waals surface area contributed by atoms with Crippen LogP contribution in [0.2, 0.25) is 0 Å². The van der Waals surface area contributed by atoms with Crippen molar-refractivity contribution in [2.75, 3.05) is 19.8 Å². The second-order valence-corrected chi connectivity index (χ2v) is 6.51. The number of hydrogen-bond donors (Lipinski definition) is 1. The lowest BCUT2D eigenvalue weighted by Gasteiger charge is -2.09. The molecule has 25 heavy (non-hydrogen) atoms. The number of sulfonamides is 1. The van der Waals surface area contributed by atoms with Crippen LogP contribution >= 0.6 is 0 Å². The highest BCUT2D eigenvalue weighted by Crippen LogP contribution is 2.13. The van der Waals surface area contributed by atoms with Gasteiger partial charge in [-0.2, -0.15) is 4.72 Å². The molecule has 134 valence electrons. The molecule has 0 bridgehead atoms. The van der Waals surface area contributed by atoms with Crippen LogP contribution in [0.1, 0.15) is 0 Å². The standard InChI is InChI=1S/C16H15F2NO5S/c17-12-5-7-13(8-6-12)23-9-10-24-16(20)11-19-25(21,22)15-4-2-1-3-14(15)18/h1-8,19H,9-11H2. The van der Waals surface area contributed by atoms with Crippen LogP contribution in [0.4, 0.5) is 8.78 Å². The summed E-state index contributed by atoms with van der Waals surface area (Å²) >= 11 is 0. The molecule has 9 heteroatoms. The highest BCUT2D eigenvalue weighted by molar-refractivity contribution is 7.89. The Morgan fingerprint density at radius 3 is 2.36 bits per heavy atom. The lowest BCUT2D eigenvalue weighted by molar-refractivity contribution is -0.142. The van der Waals surface area contributed by atoms with Crippen molar-refractivity contribution in [2.45, 2.75) is 4.90 Å². The van der Waals surface area contributed by atoms with Crippen molar-refractivity contribution in [3.05, 3.63) is 60.2 Å². The predicted molar refractivity (Wildman–Crippen MR) is 84.4 cm³/mol. The number of carbonyl (C=O) groups is 1. The molecule has 0 atom stereocenters. The first-order valence-corrected chi connectivity index (χ1v) is 8.65. The van der Waals surface area contributed by atoms with Crippen molar-refractivity contribution >= 4 is 16.0 Å². The van der Waals surface area contributed by atoms with Gasteiger partial charge in [-0.05, 0) is 36.4 Å². The van der Waals surface area contributed by atoms with Gasteiger partial charge in [0.1, 0.15) is 42.0 Å². The first-order valence-electron chi connectivity index (χ1n) is 7.17. The number of benzene rings is 2. The molecule has 0 saturated heterocycles. The van der Waals surface area contributed by atoms with Crippen LogP contribution in [-0.2, 0) is 19.6 Å². The minimum absolute atomic E-state index is 0.0113. The van der Waals surface area contributed by atoms with E-state index in [1.807, 2.05) is 4.72 Å². The average molecular weight is 371 g/mol. The topological polar surface area (TPSA) is 81.7 Å². The second kappa shape index (κ2) is 8.54. The third-order valence-electron chi connectivity index (χ3n) is 2.96. The summed E-state index contributed by atoms with van der Waals surface area (Å²) in [5, 5.41) is 0. The zero-order valence-electron chi connectivity index (χ0n) is 12.9. The van der Waals surface area contributed by atoms with E-state index in [0.29, 0.717) is 5.75 Å². The van der Waals surface area contributed by atoms with Gasteiger partial charge < -0.3 is 9.47 Å². The molecule has 0 aliphatic heterocycles. The Hall–Kier alpha value is -2.52. The smallest absolute Gasteiger partial charge is 0.321 e. The van der Waals surface area contributed by atoms with E-state index in [0.717, 1.165) is 12.1 Å². The average Bonchev–Trinajstić information content (AvgIpc) is 2.59. The van der Waals surface area contributed by atoms with Gasteiger partial charge in [0.25, 0.3) is 0 Å². The molecule has 2 rings (SSSR count). The van der Waals surface area contributed by atoms with Crippen LogP contribution in [0.5, 0.6) is 5.75 Å². The zero-order chi connectivity index (χ0) is 18.3. The van der Waals surface area contributed by atoms with Crippen molar-refractivity contribution in [1.82, 2.24) is 4.72 Å². The summed E-state index contributed by atoms with van der Waals surface area (Å²) < 4.78 is 61.9. The molecular formula is C16H15F2NO5S. The number of hydrogen-bond acceptors (Lipinski definition) is 5. The minimum Gasteiger partial charge on any atom is -0.490 e. The van der Waals surface area contributed by atoms with E-state index in [4.69, 9.17) is 9.47 Å². The van der Waals surface area contributed by atoms with Gasteiger partial charge >= 0.3 is 5.97 Å². The number of ether oxygens (including phenoxy) is 2. The molecule has 0 radical (unpaired) electrons. The molecule has 6 nitrogen and oxygen atoms in total. The maximum Gasteiger partial charge on any atom is 0.321 e. The normalized spacial score (nSPS) is 11.1. The molecule has 0 amide bonds. The van der Waals surface area contributed by atoms with Crippen LogP contribution in [0.15, 0.2) is 53.4 Å². The minimum atomic E-state index is -4.16. The maximum atomic E-state index is 13.5. The van der Waals surface area contributed by atoms with Gasteiger partial charge in [-0.1, -0.05) is 12.1 Å². The molecule has 0 unspecified atom stereocenters. The summed E-state index contributed by atoms with van der Waals surface area (Å²) in [6, 6.07) is 10.1. The molecule has 0 aliphatic rings. The van der Waals surface area contributed by atoms with E-state index in [9.17, 15) is 22.0 Å². The second-order valence-electron chi connectivity index (χ2n) is 4.78. The summed E-state index contributed by atoms with van der Waals surface area (Å²) in [7, 11) is -4.16. The van der Waals surface area contributed by atoms with E-state index in [2.05, 4.69) is 0 Å². The zero-order valence-corrected chi connectivity index (χ0v) is 13.8. The van der Waals surface area contributed by atoms with Gasteiger partial charge in [0.15, 0.2) is 0 Å². The SMILES string of the molecule is O=C(CNS(=O)(=O)c1ccccc1F)OCCOc1ccc(F)cc1. The number of carbonyl (C=O) groups excluding carboxylic acids is 1. The number of nitrogens with one attached hydrogen (secondary N) is 1. The summed E-state index contributed by atoms with van der Waals surface area (Å²) in [5.74, 6) is -1.77. The number of rotatable bonds is 8. The fraction of sp³-hybridized carbons (Fsp3) is 0.188. The number of halogens is 2. The van der Waals surface area contributed by atoms with Gasteiger partial charge in [-0.15, -0.1) is 0 Å². The molecule has 1 N–H and O–H groups in total. The quantitative estimate of drug-likeness (QED) is 0.566. The Morgan fingerprint density at radius 1 is 1.00 bits per heavy atom. The molecule has 0 aromatic heterocycles. The van der Waals surface area contributed by atoms with Crippen molar-refractivity contribution in [3.8, 4) is 5.75 Å². The number of esters is 1. The molecule has 2 aromatic carbocycles. The molecule has 0 saturated carbocycles. The molecule has 0 fully saturated rings. The Balaban J connectivity index is 1.73. The van der Waals surface area contributed by atoms with Crippen LogP contribution < -0.4 is 9.46 Å². The van der Waals surface area contributed by atoms with E-state index in [1.54, 1.807) is 0 Å². The van der Waals surface area contributed by atoms with Crippen molar-refractivity contribution in [1.29, 1.82) is 0 Å². The van der Waals surface area contributed by atoms with Crippen LogP contribution in [0, 0.1) is 11.6 Å². The lowest BCUT2D eigenvalue weighted by Crippen LogP contribution is -2.31. The van der Waals surface area contributed by atoms with Gasteiger partial charge in [0.05, 0.1) is 0 Å². The first kappa shape index (κ1) is 18.8. The highest BCUT2D eigenvalue weighted by atomic mass is 32.2. The summed E-state index contributed by atoms with van der Waals surface area (Å²) in [6.45, 7) is -0.762. The summed E-state index contributed by atoms with van der Waals surface area (Å²) in [5.41, 5.74) is 0. The fourth-order valence-electron chi connectivity index (χ4n) is 1.79. The third kappa shape index (κ3) is 5.80. The Morgan fingerprint density at radius 2 is 1.68 bits per heavy atom. The van der Waals surface area contributed by atoms with Gasteiger partial charge in [-0.25, -0.2) is 17.2 Å². The van der Waals surface area contributed by atoms with E-state index < -0.39 is 39.1 Å². The fourth-order valence-corrected chi connectivity index (χ4v) is 2.84. The Labute approximate surface area is 143 Å². The van der Waals surface area contributed by atoms with E-state index in [1.165, 1.54) is 36.4 Å². The van der Waals surface area contributed by atoms with Gasteiger partial charge in [0, 0.05) is 0 Å². The summed E-state index contributed by atoms with van der Waals surface area (Å²) in [6.07, 6.45) is 0. The van der Waals surface area contributed by atoms with E-state index >= 15 is 0 Å². The first-order chi connectivity index (χ1) is 11.9. The monoisotopic (exact) mass is 371 g/mol. The van der Waals surface area contributed by atoms with Crippen molar-refractivity contribution < 1.29 is 31.5 Å². The van der Waals surface area contributed by atoms with Gasteiger partial charge in [-0.3, -0.25) is 4.79 Å². The highest BCUT2D eigenvalue weighted by Gasteiger charge is 2.19. The van der Waals surface area contributed by atoms with Crippen LogP contribution in [0.3, 0.4) is 0 Å².